The maximum absolute atomic E-state index is 11.9. The SMILES string of the molecule is CCOC(=O)CCCCCOC(=O)c1cc(N)ccc1C. The molecule has 0 saturated heterocycles. The van der Waals surface area contributed by atoms with Crippen molar-refractivity contribution in [2.75, 3.05) is 18.9 Å². The van der Waals surface area contributed by atoms with Gasteiger partial charge in [0, 0.05) is 12.1 Å². The molecule has 0 aliphatic rings. The summed E-state index contributed by atoms with van der Waals surface area (Å²) in [5.74, 6) is -0.532. The first-order valence-electron chi connectivity index (χ1n) is 7.23. The van der Waals surface area contributed by atoms with E-state index in [1.54, 1.807) is 25.1 Å². The molecular weight excluding hydrogens is 270 g/mol. The van der Waals surface area contributed by atoms with E-state index in [-0.39, 0.29) is 11.9 Å². The molecule has 116 valence electrons. The number of hydrogen-bond donors (Lipinski definition) is 1. The van der Waals surface area contributed by atoms with E-state index in [1.807, 2.05) is 6.92 Å². The number of nitrogens with two attached hydrogens (primary N) is 1. The van der Waals surface area contributed by atoms with E-state index in [1.165, 1.54) is 0 Å². The molecule has 1 aromatic rings. The van der Waals surface area contributed by atoms with Gasteiger partial charge < -0.3 is 15.2 Å². The summed E-state index contributed by atoms with van der Waals surface area (Å²) in [6, 6.07) is 5.17. The summed E-state index contributed by atoms with van der Waals surface area (Å²) < 4.78 is 10.0. The number of rotatable bonds is 8. The number of benzene rings is 1. The van der Waals surface area contributed by atoms with E-state index in [9.17, 15) is 9.59 Å². The third-order valence-corrected chi connectivity index (χ3v) is 3.05. The minimum absolute atomic E-state index is 0.176. The summed E-state index contributed by atoms with van der Waals surface area (Å²) in [6.45, 7) is 4.39. The van der Waals surface area contributed by atoms with Gasteiger partial charge in [-0.1, -0.05) is 6.07 Å². The van der Waals surface area contributed by atoms with E-state index in [0.29, 0.717) is 30.9 Å². The molecule has 2 N–H and O–H groups in total. The molecular formula is C16H23NO4. The normalized spacial score (nSPS) is 10.2. The van der Waals surface area contributed by atoms with Crippen LogP contribution in [-0.4, -0.2) is 25.2 Å². The summed E-state index contributed by atoms with van der Waals surface area (Å²) in [5, 5.41) is 0. The molecule has 0 spiro atoms. The molecule has 1 aromatic carbocycles. The summed E-state index contributed by atoms with van der Waals surface area (Å²) in [5.41, 5.74) is 7.55. The summed E-state index contributed by atoms with van der Waals surface area (Å²) in [4.78, 5) is 23.0. The van der Waals surface area contributed by atoms with Crippen molar-refractivity contribution in [2.45, 2.75) is 39.5 Å². The molecule has 0 bridgehead atoms. The Kier molecular flexibility index (Phi) is 7.29. The number of hydrogen-bond acceptors (Lipinski definition) is 5. The van der Waals surface area contributed by atoms with Crippen molar-refractivity contribution in [3.63, 3.8) is 0 Å². The lowest BCUT2D eigenvalue weighted by atomic mass is 10.1. The minimum Gasteiger partial charge on any atom is -0.466 e. The molecule has 0 aromatic heterocycles. The third kappa shape index (κ3) is 6.29. The van der Waals surface area contributed by atoms with Crippen LogP contribution in [0.25, 0.3) is 0 Å². The second kappa shape index (κ2) is 9.00. The van der Waals surface area contributed by atoms with Crippen molar-refractivity contribution >= 4 is 17.6 Å². The van der Waals surface area contributed by atoms with Gasteiger partial charge >= 0.3 is 11.9 Å². The van der Waals surface area contributed by atoms with Crippen molar-refractivity contribution in [2.24, 2.45) is 0 Å². The van der Waals surface area contributed by atoms with Gasteiger partial charge in [-0.25, -0.2) is 4.79 Å². The van der Waals surface area contributed by atoms with Crippen LogP contribution in [-0.2, 0) is 14.3 Å². The lowest BCUT2D eigenvalue weighted by Crippen LogP contribution is -2.09. The number of nitrogen functional groups attached to an aromatic ring is 1. The maximum atomic E-state index is 11.9. The van der Waals surface area contributed by atoms with Crippen molar-refractivity contribution in [3.8, 4) is 0 Å². The molecule has 0 unspecified atom stereocenters. The van der Waals surface area contributed by atoms with Gasteiger partial charge in [0.25, 0.3) is 0 Å². The highest BCUT2D eigenvalue weighted by atomic mass is 16.5. The van der Waals surface area contributed by atoms with E-state index in [0.717, 1.165) is 24.8 Å². The van der Waals surface area contributed by atoms with Crippen LogP contribution < -0.4 is 5.73 Å². The Hall–Kier alpha value is -2.04. The highest BCUT2D eigenvalue weighted by molar-refractivity contribution is 5.92. The van der Waals surface area contributed by atoms with Crippen molar-refractivity contribution in [1.29, 1.82) is 0 Å². The number of carbonyl (C=O) groups excluding carboxylic acids is 2. The van der Waals surface area contributed by atoms with E-state index >= 15 is 0 Å². The number of esters is 2. The molecule has 0 aliphatic carbocycles. The molecule has 5 nitrogen and oxygen atoms in total. The topological polar surface area (TPSA) is 78.6 Å². The van der Waals surface area contributed by atoms with Crippen LogP contribution in [0.1, 0.15) is 48.5 Å². The van der Waals surface area contributed by atoms with Crippen LogP contribution in [0.3, 0.4) is 0 Å². The number of unbranched alkanes of at least 4 members (excludes halogenated alkanes) is 2. The highest BCUT2D eigenvalue weighted by Crippen LogP contribution is 2.14. The second-order valence-electron chi connectivity index (χ2n) is 4.83. The molecule has 0 radical (unpaired) electrons. The van der Waals surface area contributed by atoms with Gasteiger partial charge in [0.05, 0.1) is 18.8 Å². The van der Waals surface area contributed by atoms with E-state index in [2.05, 4.69) is 0 Å². The molecule has 0 atom stereocenters. The highest BCUT2D eigenvalue weighted by Gasteiger charge is 2.10. The third-order valence-electron chi connectivity index (χ3n) is 3.05. The molecule has 0 fully saturated rings. The zero-order chi connectivity index (χ0) is 15.7. The molecule has 1 rings (SSSR count). The van der Waals surface area contributed by atoms with E-state index < -0.39 is 0 Å². The van der Waals surface area contributed by atoms with Gasteiger partial charge in [0.2, 0.25) is 0 Å². The first-order valence-corrected chi connectivity index (χ1v) is 7.23. The van der Waals surface area contributed by atoms with Crippen molar-refractivity contribution < 1.29 is 19.1 Å². The molecule has 0 aliphatic heterocycles. The van der Waals surface area contributed by atoms with Crippen molar-refractivity contribution in [3.05, 3.63) is 29.3 Å². The molecule has 21 heavy (non-hydrogen) atoms. The van der Waals surface area contributed by atoms with Crippen LogP contribution in [0.4, 0.5) is 5.69 Å². The zero-order valence-corrected chi connectivity index (χ0v) is 12.7. The largest absolute Gasteiger partial charge is 0.466 e. The van der Waals surface area contributed by atoms with Crippen LogP contribution in [0.15, 0.2) is 18.2 Å². The first-order chi connectivity index (χ1) is 10.0. The van der Waals surface area contributed by atoms with Gasteiger partial charge in [-0.15, -0.1) is 0 Å². The Bertz CT molecular complexity index is 485. The fourth-order valence-electron chi connectivity index (χ4n) is 1.88. The molecule has 0 saturated carbocycles. The van der Waals surface area contributed by atoms with E-state index in [4.69, 9.17) is 15.2 Å². The summed E-state index contributed by atoms with van der Waals surface area (Å²) in [7, 11) is 0. The monoisotopic (exact) mass is 293 g/mol. The van der Waals surface area contributed by atoms with Crippen LogP contribution >= 0.6 is 0 Å². The van der Waals surface area contributed by atoms with Crippen LogP contribution in [0.2, 0.25) is 0 Å². The standard InChI is InChI=1S/C16H23NO4/c1-3-20-15(18)7-5-4-6-10-21-16(19)14-11-13(17)9-8-12(14)2/h8-9,11H,3-7,10,17H2,1-2H3. The van der Waals surface area contributed by atoms with Gasteiger partial charge in [-0.2, -0.15) is 0 Å². The van der Waals surface area contributed by atoms with Crippen LogP contribution in [0, 0.1) is 6.92 Å². The maximum Gasteiger partial charge on any atom is 0.338 e. The zero-order valence-electron chi connectivity index (χ0n) is 12.7. The van der Waals surface area contributed by atoms with Crippen LogP contribution in [0.5, 0.6) is 0 Å². The first kappa shape index (κ1) is 17.0. The fourth-order valence-corrected chi connectivity index (χ4v) is 1.88. The average molecular weight is 293 g/mol. The Balaban J connectivity index is 2.22. The number of aryl methyl sites for hydroxylation is 1. The lowest BCUT2D eigenvalue weighted by Gasteiger charge is -2.08. The number of anilines is 1. The quantitative estimate of drug-likeness (QED) is 0.453. The average Bonchev–Trinajstić information content (AvgIpc) is 2.45. The predicted molar refractivity (Wildman–Crippen MR) is 81.0 cm³/mol. The second-order valence-corrected chi connectivity index (χ2v) is 4.83. The number of ether oxygens (including phenoxy) is 2. The smallest absolute Gasteiger partial charge is 0.338 e. The molecule has 0 amide bonds. The Morgan fingerprint density at radius 2 is 1.90 bits per heavy atom. The Labute approximate surface area is 125 Å². The predicted octanol–water partition coefficient (Wildman–Crippen LogP) is 2.86. The van der Waals surface area contributed by atoms with Gasteiger partial charge in [-0.05, 0) is 50.8 Å². The molecule has 0 heterocycles. The van der Waals surface area contributed by atoms with Gasteiger partial charge in [0.1, 0.15) is 0 Å². The number of carbonyl (C=O) groups is 2. The Morgan fingerprint density at radius 1 is 1.14 bits per heavy atom. The summed E-state index contributed by atoms with van der Waals surface area (Å²) in [6.07, 6.45) is 2.71. The minimum atomic E-state index is -0.356. The fraction of sp³-hybridized carbons (Fsp3) is 0.500. The summed E-state index contributed by atoms with van der Waals surface area (Å²) >= 11 is 0. The van der Waals surface area contributed by atoms with Gasteiger partial charge in [0.15, 0.2) is 0 Å². The Morgan fingerprint density at radius 3 is 2.62 bits per heavy atom. The van der Waals surface area contributed by atoms with Crippen molar-refractivity contribution in [1.82, 2.24) is 0 Å². The molecule has 5 heteroatoms. The van der Waals surface area contributed by atoms with Gasteiger partial charge in [-0.3, -0.25) is 4.79 Å². The lowest BCUT2D eigenvalue weighted by molar-refractivity contribution is -0.143.